The summed E-state index contributed by atoms with van der Waals surface area (Å²) in [7, 11) is 0. The molecule has 4 heteroatoms. The maximum absolute atomic E-state index is 11.6. The molecule has 0 saturated carbocycles. The smallest absolute Gasteiger partial charge is 0.335 e. The Morgan fingerprint density at radius 2 is 0.975 bits per heavy atom. The van der Waals surface area contributed by atoms with Gasteiger partial charge in [-0.3, -0.25) is 0 Å². The third-order valence-electron chi connectivity index (χ3n) is 7.85. The molecule has 3 aromatic carbocycles. The lowest BCUT2D eigenvalue weighted by Crippen LogP contribution is -2.03. The third-order valence-corrected chi connectivity index (χ3v) is 7.85. The van der Waals surface area contributed by atoms with Crippen LogP contribution in [0.3, 0.4) is 0 Å². The summed E-state index contributed by atoms with van der Waals surface area (Å²) >= 11 is 0. The van der Waals surface area contributed by atoms with Crippen LogP contribution in [0.4, 0.5) is 0 Å². The van der Waals surface area contributed by atoms with Gasteiger partial charge >= 0.3 is 11.9 Å². The van der Waals surface area contributed by atoms with Crippen LogP contribution in [0, 0.1) is 0 Å². The minimum Gasteiger partial charge on any atom is -0.478 e. The van der Waals surface area contributed by atoms with Gasteiger partial charge in [0.1, 0.15) is 0 Å². The van der Waals surface area contributed by atoms with Crippen LogP contribution in [-0.4, -0.2) is 22.2 Å². The zero-order valence-corrected chi connectivity index (χ0v) is 24.4. The van der Waals surface area contributed by atoms with Gasteiger partial charge in [0.25, 0.3) is 0 Å². The number of hydrogen-bond acceptors (Lipinski definition) is 2. The lowest BCUT2D eigenvalue weighted by atomic mass is 9.84. The molecule has 0 aliphatic carbocycles. The van der Waals surface area contributed by atoms with Crippen molar-refractivity contribution in [1.29, 1.82) is 0 Å². The number of carboxylic acid groups (broad SMARTS) is 2. The first-order chi connectivity index (χ1) is 19.5. The van der Waals surface area contributed by atoms with E-state index in [1.165, 1.54) is 75.3 Å². The van der Waals surface area contributed by atoms with Crippen LogP contribution >= 0.6 is 0 Å². The predicted molar refractivity (Wildman–Crippen MR) is 165 cm³/mol. The molecule has 0 heterocycles. The molecule has 0 fully saturated rings. The van der Waals surface area contributed by atoms with Gasteiger partial charge < -0.3 is 10.2 Å². The summed E-state index contributed by atoms with van der Waals surface area (Å²) < 4.78 is 0. The second kappa shape index (κ2) is 16.6. The van der Waals surface area contributed by atoms with Crippen LogP contribution in [0.25, 0.3) is 22.3 Å². The highest BCUT2D eigenvalue weighted by Crippen LogP contribution is 2.38. The predicted octanol–water partition coefficient (Wildman–Crippen LogP) is 10.2. The Hall–Kier alpha value is -3.40. The Labute approximate surface area is 240 Å². The van der Waals surface area contributed by atoms with E-state index in [1.54, 1.807) is 24.3 Å². The van der Waals surface area contributed by atoms with Gasteiger partial charge in [-0.2, -0.15) is 0 Å². The monoisotopic (exact) mass is 542 g/mol. The molecule has 4 nitrogen and oxygen atoms in total. The molecule has 3 rings (SSSR count). The summed E-state index contributed by atoms with van der Waals surface area (Å²) in [6, 6.07) is 18.8. The van der Waals surface area contributed by atoms with E-state index in [-0.39, 0.29) is 11.1 Å². The highest BCUT2D eigenvalue weighted by molar-refractivity contribution is 5.92. The van der Waals surface area contributed by atoms with Crippen LogP contribution < -0.4 is 0 Å². The molecule has 0 saturated heterocycles. The van der Waals surface area contributed by atoms with Crippen molar-refractivity contribution in [2.45, 2.75) is 104 Å². The van der Waals surface area contributed by atoms with Crippen molar-refractivity contribution in [3.63, 3.8) is 0 Å². The molecule has 0 unspecified atom stereocenters. The molecule has 40 heavy (non-hydrogen) atoms. The summed E-state index contributed by atoms with van der Waals surface area (Å²) in [5, 5.41) is 18.9. The van der Waals surface area contributed by atoms with Gasteiger partial charge in [-0.1, -0.05) is 114 Å². The number of rotatable bonds is 18. The van der Waals surface area contributed by atoms with Crippen molar-refractivity contribution in [1.82, 2.24) is 0 Å². The Bertz CT molecular complexity index is 1210. The van der Waals surface area contributed by atoms with Crippen LogP contribution in [0.5, 0.6) is 0 Å². The molecule has 0 atom stereocenters. The molecular weight excluding hydrogens is 496 g/mol. The Morgan fingerprint density at radius 3 is 1.48 bits per heavy atom. The third kappa shape index (κ3) is 9.08. The first kappa shape index (κ1) is 31.1. The quantitative estimate of drug-likeness (QED) is 0.157. The van der Waals surface area contributed by atoms with Gasteiger partial charge in [0, 0.05) is 0 Å². The number of benzene rings is 3. The highest BCUT2D eigenvalue weighted by Gasteiger charge is 2.18. The van der Waals surface area contributed by atoms with Gasteiger partial charge in [-0.15, -0.1) is 0 Å². The first-order valence-electron chi connectivity index (χ1n) is 15.3. The van der Waals surface area contributed by atoms with Gasteiger partial charge in [-0.05, 0) is 83.3 Å². The molecule has 3 aromatic rings. The van der Waals surface area contributed by atoms with E-state index in [1.807, 2.05) is 24.3 Å². The zero-order chi connectivity index (χ0) is 28.7. The first-order valence-corrected chi connectivity index (χ1v) is 15.3. The molecule has 0 aliphatic heterocycles. The normalized spacial score (nSPS) is 11.1. The number of carboxylic acids is 2. The standard InChI is InChI=1S/C36H46O4/c1-3-5-7-9-11-13-15-27-25-26-33(28-17-21-30(22-18-28)35(37)38)34(29-19-23-31(24-20-29)36(39)40)32(27)16-14-12-10-8-6-4-2/h17-26H,3-16H2,1-2H3,(H,37,38)(H,39,40). The SMILES string of the molecule is CCCCCCCCc1ccc(-c2ccc(C(=O)O)cc2)c(-c2ccc(C(=O)O)cc2)c1CCCCCCCC. The molecule has 2 N–H and O–H groups in total. The Balaban J connectivity index is 2.03. The summed E-state index contributed by atoms with van der Waals surface area (Å²) in [5.74, 6) is -1.87. The van der Waals surface area contributed by atoms with Gasteiger partial charge in [-0.25, -0.2) is 9.59 Å². The fraction of sp³-hybridized carbons (Fsp3) is 0.444. The molecule has 0 aromatic heterocycles. The van der Waals surface area contributed by atoms with Crippen LogP contribution in [0.1, 0.15) is 123 Å². The van der Waals surface area contributed by atoms with Crippen molar-refractivity contribution in [3.05, 3.63) is 82.9 Å². The number of aryl methyl sites for hydroxylation is 1. The van der Waals surface area contributed by atoms with E-state index >= 15 is 0 Å². The lowest BCUT2D eigenvalue weighted by molar-refractivity contribution is 0.0686. The summed E-state index contributed by atoms with van der Waals surface area (Å²) in [6.07, 6.45) is 16.9. The van der Waals surface area contributed by atoms with Crippen molar-refractivity contribution in [2.24, 2.45) is 0 Å². The minimum absolute atomic E-state index is 0.267. The average Bonchev–Trinajstić information content (AvgIpc) is 2.97. The number of unbranched alkanes of at least 4 members (excludes halogenated alkanes) is 10. The molecule has 214 valence electrons. The Kier molecular flexibility index (Phi) is 13.0. The highest BCUT2D eigenvalue weighted by atomic mass is 16.4. The molecule has 0 aliphatic rings. The molecule has 0 amide bonds. The van der Waals surface area contributed by atoms with Crippen LogP contribution in [0.2, 0.25) is 0 Å². The maximum atomic E-state index is 11.6. The van der Waals surface area contributed by atoms with Gasteiger partial charge in [0.15, 0.2) is 0 Å². The summed E-state index contributed by atoms with van der Waals surface area (Å²) in [6.45, 7) is 4.49. The average molecular weight is 543 g/mol. The van der Waals surface area contributed by atoms with E-state index in [9.17, 15) is 19.8 Å². The van der Waals surface area contributed by atoms with Crippen molar-refractivity contribution >= 4 is 11.9 Å². The fourth-order valence-electron chi connectivity index (χ4n) is 5.53. The van der Waals surface area contributed by atoms with Crippen molar-refractivity contribution in [3.8, 4) is 22.3 Å². The molecular formula is C36H46O4. The van der Waals surface area contributed by atoms with Crippen LogP contribution in [-0.2, 0) is 12.8 Å². The van der Waals surface area contributed by atoms with Crippen molar-refractivity contribution in [2.75, 3.05) is 0 Å². The second-order valence-electron chi connectivity index (χ2n) is 10.9. The second-order valence-corrected chi connectivity index (χ2v) is 10.9. The van der Waals surface area contributed by atoms with Crippen molar-refractivity contribution < 1.29 is 19.8 Å². The summed E-state index contributed by atoms with van der Waals surface area (Å²) in [5.41, 5.74) is 7.47. The van der Waals surface area contributed by atoms with Crippen LogP contribution in [0.15, 0.2) is 60.7 Å². The lowest BCUT2D eigenvalue weighted by Gasteiger charge is -2.20. The molecule has 0 bridgehead atoms. The minimum atomic E-state index is -0.936. The van der Waals surface area contributed by atoms with E-state index in [0.717, 1.165) is 47.9 Å². The largest absolute Gasteiger partial charge is 0.478 e. The summed E-state index contributed by atoms with van der Waals surface area (Å²) in [4.78, 5) is 23.0. The van der Waals surface area contributed by atoms with E-state index in [4.69, 9.17) is 0 Å². The number of carbonyl (C=O) groups is 2. The van der Waals surface area contributed by atoms with Gasteiger partial charge in [0.05, 0.1) is 11.1 Å². The van der Waals surface area contributed by atoms with Gasteiger partial charge in [0.2, 0.25) is 0 Å². The van der Waals surface area contributed by atoms with E-state index in [2.05, 4.69) is 26.0 Å². The zero-order valence-electron chi connectivity index (χ0n) is 24.4. The molecule has 0 spiro atoms. The fourth-order valence-corrected chi connectivity index (χ4v) is 5.53. The number of aromatic carboxylic acids is 2. The maximum Gasteiger partial charge on any atom is 0.335 e. The number of hydrogen-bond donors (Lipinski definition) is 2. The topological polar surface area (TPSA) is 74.6 Å². The Morgan fingerprint density at radius 1 is 0.525 bits per heavy atom. The van der Waals surface area contributed by atoms with E-state index < -0.39 is 11.9 Å². The van der Waals surface area contributed by atoms with E-state index in [0.29, 0.717) is 0 Å². The molecule has 0 radical (unpaired) electrons.